The van der Waals surface area contributed by atoms with Gasteiger partial charge in [-0.2, -0.15) is 0 Å². The van der Waals surface area contributed by atoms with E-state index in [-0.39, 0.29) is 25.9 Å². The van der Waals surface area contributed by atoms with E-state index in [2.05, 4.69) is 69.4 Å². The second-order valence-corrected chi connectivity index (χ2v) is 20.3. The minimum Gasteiger partial charge on any atom is -0.479 e. The Labute approximate surface area is 443 Å². The molecule has 3 N–H and O–H groups in total. The smallest absolute Gasteiger partial charge is 0.335 e. The summed E-state index contributed by atoms with van der Waals surface area (Å²) >= 11 is 0. The summed E-state index contributed by atoms with van der Waals surface area (Å²) in [5.41, 5.74) is 0. The zero-order chi connectivity index (χ0) is 53.3. The molecule has 1 aliphatic heterocycles. The summed E-state index contributed by atoms with van der Waals surface area (Å²) in [5, 5.41) is 31.4. The van der Waals surface area contributed by atoms with Crippen molar-refractivity contribution in [1.29, 1.82) is 0 Å². The Morgan fingerprint density at radius 3 is 1.34 bits per heavy atom. The largest absolute Gasteiger partial charge is 0.479 e. The standard InChI is InChI=1S/C61H106O12/c1-4-7-10-13-16-19-22-25-27-30-32-35-38-41-44-47-53(62)69-50-52(71-54(63)48-45-42-39-36-34-31-28-26-23-20-17-14-11-8-5-2)51-70-61-59(57(66)56(65)58(73-61)60(67)68)72-55(64)49-46-43-40-37-33-29-24-21-18-15-12-9-6-3/h7,10,16,19,21,24-25,27,52,56-59,61,65-66H,4-6,8-9,11-15,17-18,20,22-23,26,28-51H2,1-3H3,(H,67,68)/b10-7-,19-16-,24-21-,27-25-. The number of aliphatic carboxylic acids is 1. The molecule has 1 aliphatic rings. The Morgan fingerprint density at radius 1 is 0.466 bits per heavy atom. The fraction of sp³-hybridized carbons (Fsp3) is 0.803. The third-order valence-electron chi connectivity index (χ3n) is 13.4. The van der Waals surface area contributed by atoms with Crippen LogP contribution in [0.25, 0.3) is 0 Å². The highest BCUT2D eigenvalue weighted by atomic mass is 16.7. The van der Waals surface area contributed by atoms with E-state index in [1.54, 1.807) is 0 Å². The average Bonchev–Trinajstić information content (AvgIpc) is 3.37. The predicted molar refractivity (Wildman–Crippen MR) is 294 cm³/mol. The van der Waals surface area contributed by atoms with Crippen molar-refractivity contribution in [2.24, 2.45) is 0 Å². The van der Waals surface area contributed by atoms with Crippen LogP contribution in [0.2, 0.25) is 0 Å². The zero-order valence-electron chi connectivity index (χ0n) is 46.4. The topological polar surface area (TPSA) is 175 Å². The molecule has 12 nitrogen and oxygen atoms in total. The lowest BCUT2D eigenvalue weighted by Crippen LogP contribution is -2.61. The number of hydrogen-bond acceptors (Lipinski definition) is 11. The Bertz CT molecular complexity index is 1460. The van der Waals surface area contributed by atoms with Gasteiger partial charge in [0.1, 0.15) is 18.8 Å². The zero-order valence-corrected chi connectivity index (χ0v) is 46.4. The molecule has 0 aromatic carbocycles. The second kappa shape index (κ2) is 49.6. The van der Waals surface area contributed by atoms with Gasteiger partial charge in [-0.15, -0.1) is 0 Å². The summed E-state index contributed by atoms with van der Waals surface area (Å²) in [6, 6.07) is 0. The summed E-state index contributed by atoms with van der Waals surface area (Å²) in [6.45, 7) is 5.86. The van der Waals surface area contributed by atoms with Crippen molar-refractivity contribution in [3.8, 4) is 0 Å². The van der Waals surface area contributed by atoms with Crippen molar-refractivity contribution in [3.63, 3.8) is 0 Å². The Hall–Kier alpha value is -3.32. The van der Waals surface area contributed by atoms with Crippen molar-refractivity contribution in [2.75, 3.05) is 13.2 Å². The number of ether oxygens (including phenoxy) is 5. The molecule has 0 saturated carbocycles. The van der Waals surface area contributed by atoms with E-state index in [0.29, 0.717) is 19.3 Å². The highest BCUT2D eigenvalue weighted by Gasteiger charge is 2.50. The van der Waals surface area contributed by atoms with Crippen molar-refractivity contribution in [1.82, 2.24) is 0 Å². The second-order valence-electron chi connectivity index (χ2n) is 20.3. The fourth-order valence-electron chi connectivity index (χ4n) is 8.85. The van der Waals surface area contributed by atoms with E-state index in [9.17, 15) is 34.5 Å². The molecule has 73 heavy (non-hydrogen) atoms. The van der Waals surface area contributed by atoms with Crippen LogP contribution in [-0.4, -0.2) is 89.2 Å². The first-order valence-electron chi connectivity index (χ1n) is 29.6. The van der Waals surface area contributed by atoms with Crippen LogP contribution in [0.3, 0.4) is 0 Å². The lowest BCUT2D eigenvalue weighted by atomic mass is 9.98. The summed E-state index contributed by atoms with van der Waals surface area (Å²) in [6.07, 6.45) is 46.5. The third kappa shape index (κ3) is 39.7. The van der Waals surface area contributed by atoms with Crippen LogP contribution in [0.4, 0.5) is 0 Å². The number of hydrogen-bond donors (Lipinski definition) is 3. The molecule has 0 radical (unpaired) electrons. The number of unbranched alkanes of at least 4 members (excludes halogenated alkanes) is 28. The fourth-order valence-corrected chi connectivity index (χ4v) is 8.85. The summed E-state index contributed by atoms with van der Waals surface area (Å²) < 4.78 is 28.4. The van der Waals surface area contributed by atoms with E-state index >= 15 is 0 Å². The van der Waals surface area contributed by atoms with Crippen molar-refractivity contribution in [2.45, 2.75) is 302 Å². The molecule has 0 aliphatic carbocycles. The maximum atomic E-state index is 13.1. The molecule has 1 heterocycles. The van der Waals surface area contributed by atoms with E-state index < -0.39 is 67.3 Å². The number of carbonyl (C=O) groups excluding carboxylic acids is 3. The van der Waals surface area contributed by atoms with Crippen LogP contribution in [-0.2, 0) is 42.9 Å². The maximum absolute atomic E-state index is 13.1. The lowest BCUT2D eigenvalue weighted by Gasteiger charge is -2.40. The number of allylic oxidation sites excluding steroid dienone is 8. The van der Waals surface area contributed by atoms with Gasteiger partial charge in [0.15, 0.2) is 24.6 Å². The van der Waals surface area contributed by atoms with E-state index in [1.807, 2.05) is 0 Å². The molecule has 12 heteroatoms. The number of esters is 3. The molecule has 0 aromatic rings. The number of rotatable bonds is 50. The van der Waals surface area contributed by atoms with Crippen molar-refractivity contribution in [3.05, 3.63) is 48.6 Å². The molecular formula is C61H106O12. The SMILES string of the molecule is CC/C=C\C/C=C\C/C=C\CCCCCCCC(=O)OCC(COC1OC(C(=O)O)C(O)C(O)C1OC(=O)CCCCCCC/C=C\CCCCCC)OC(=O)CCCCCCCCCCCCCCCCC. The Morgan fingerprint density at radius 2 is 0.863 bits per heavy atom. The highest BCUT2D eigenvalue weighted by molar-refractivity contribution is 5.74. The summed E-state index contributed by atoms with van der Waals surface area (Å²) in [7, 11) is 0. The monoisotopic (exact) mass is 1030 g/mol. The van der Waals surface area contributed by atoms with E-state index in [4.69, 9.17) is 23.7 Å². The minimum absolute atomic E-state index is 0.0503. The maximum Gasteiger partial charge on any atom is 0.335 e. The van der Waals surface area contributed by atoms with Crippen LogP contribution in [0.1, 0.15) is 265 Å². The Kier molecular flexibility index (Phi) is 45.9. The molecule has 0 spiro atoms. The van der Waals surface area contributed by atoms with Crippen LogP contribution in [0.5, 0.6) is 0 Å². The predicted octanol–water partition coefficient (Wildman–Crippen LogP) is 15.0. The normalized spacial score (nSPS) is 18.6. The third-order valence-corrected chi connectivity index (χ3v) is 13.4. The first-order valence-corrected chi connectivity index (χ1v) is 29.6. The molecule has 6 unspecified atom stereocenters. The van der Waals surface area contributed by atoms with Crippen molar-refractivity contribution >= 4 is 23.9 Å². The Balaban J connectivity index is 2.70. The minimum atomic E-state index is -1.91. The van der Waals surface area contributed by atoms with Crippen LogP contribution < -0.4 is 0 Å². The van der Waals surface area contributed by atoms with Gasteiger partial charge in [0.25, 0.3) is 0 Å². The van der Waals surface area contributed by atoms with Crippen LogP contribution >= 0.6 is 0 Å². The van der Waals surface area contributed by atoms with Crippen LogP contribution in [0.15, 0.2) is 48.6 Å². The van der Waals surface area contributed by atoms with E-state index in [0.717, 1.165) is 109 Å². The number of aliphatic hydroxyl groups excluding tert-OH is 2. The van der Waals surface area contributed by atoms with Gasteiger partial charge < -0.3 is 39.0 Å². The first kappa shape index (κ1) is 67.7. The van der Waals surface area contributed by atoms with Gasteiger partial charge in [0.05, 0.1) is 6.61 Å². The van der Waals surface area contributed by atoms with Gasteiger partial charge in [-0.1, -0.05) is 217 Å². The van der Waals surface area contributed by atoms with Gasteiger partial charge in [-0.25, -0.2) is 4.79 Å². The van der Waals surface area contributed by atoms with Gasteiger partial charge in [0, 0.05) is 19.3 Å². The van der Waals surface area contributed by atoms with Gasteiger partial charge in [-0.3, -0.25) is 14.4 Å². The molecule has 0 aromatic heterocycles. The van der Waals surface area contributed by atoms with Gasteiger partial charge >= 0.3 is 23.9 Å². The highest BCUT2D eigenvalue weighted by Crippen LogP contribution is 2.26. The molecule has 6 atom stereocenters. The molecule has 1 fully saturated rings. The first-order chi connectivity index (χ1) is 35.6. The lowest BCUT2D eigenvalue weighted by molar-refractivity contribution is -0.301. The summed E-state index contributed by atoms with van der Waals surface area (Å²) in [5.74, 6) is -3.13. The molecule has 0 bridgehead atoms. The number of aliphatic hydroxyl groups is 2. The van der Waals surface area contributed by atoms with Gasteiger partial charge in [0.2, 0.25) is 0 Å². The van der Waals surface area contributed by atoms with Gasteiger partial charge in [-0.05, 0) is 77.0 Å². The molecule has 1 saturated heterocycles. The van der Waals surface area contributed by atoms with E-state index in [1.165, 1.54) is 96.3 Å². The molecule has 1 rings (SSSR count). The van der Waals surface area contributed by atoms with Crippen molar-refractivity contribution < 1.29 is 58.2 Å². The molecule has 0 amide bonds. The molecule has 422 valence electrons. The molecular weight excluding hydrogens is 925 g/mol. The number of carbonyl (C=O) groups is 4. The summed E-state index contributed by atoms with van der Waals surface area (Å²) in [4.78, 5) is 51.1. The number of carboxylic acids is 1. The number of carboxylic acid groups (broad SMARTS) is 1. The van der Waals surface area contributed by atoms with Crippen LogP contribution in [0, 0.1) is 0 Å². The average molecular weight is 1030 g/mol. The quantitative estimate of drug-likeness (QED) is 0.0228.